The number of carbonyl (C=O) groups is 1. The predicted octanol–water partition coefficient (Wildman–Crippen LogP) is 4.59. The van der Waals surface area contributed by atoms with Gasteiger partial charge in [0.2, 0.25) is 0 Å². The second-order valence-corrected chi connectivity index (χ2v) is 10.5. The molecule has 1 aliphatic heterocycles. The molecule has 0 bridgehead atoms. The molecule has 39 heavy (non-hydrogen) atoms. The number of methoxy groups -OCH3 is 1. The van der Waals surface area contributed by atoms with E-state index in [0.29, 0.717) is 11.4 Å². The molecule has 0 atom stereocenters. The minimum Gasteiger partial charge on any atom is -0.497 e. The zero-order valence-corrected chi connectivity index (χ0v) is 23.4. The summed E-state index contributed by atoms with van der Waals surface area (Å²) in [7, 11) is 7.63. The van der Waals surface area contributed by atoms with E-state index in [0.717, 1.165) is 93.9 Å². The minimum absolute atomic E-state index is 0.0932. The van der Waals surface area contributed by atoms with Gasteiger partial charge in [-0.15, -0.1) is 0 Å². The molecule has 0 unspecified atom stereocenters. The standard InChI is InChI=1S/C31H36N6O2/c1-6-36-16-12-19-8-10-22-25(28(19)36)26-27(31(38)34-30(26)32-2)24-21-11-9-20(39-5)18-23(21)37(29(22)24)15-7-13-33-14-17-35(3)4/h8-12,16,18,33H,6-7,13-15,17H2,1-5H3,(H,32,34,38). The summed E-state index contributed by atoms with van der Waals surface area (Å²) in [5.74, 6) is 1.35. The van der Waals surface area contributed by atoms with E-state index < -0.39 is 0 Å². The number of aromatic nitrogens is 2. The van der Waals surface area contributed by atoms with Crippen molar-refractivity contribution in [2.45, 2.75) is 26.4 Å². The number of likely N-dealkylation sites (N-methyl/N-ethyl adjacent to an activating group) is 1. The first kappa shape index (κ1) is 25.4. The van der Waals surface area contributed by atoms with Crippen molar-refractivity contribution in [1.29, 1.82) is 0 Å². The van der Waals surface area contributed by atoms with Crippen LogP contribution in [0.2, 0.25) is 0 Å². The maximum absolute atomic E-state index is 13.6. The third kappa shape index (κ3) is 3.97. The summed E-state index contributed by atoms with van der Waals surface area (Å²) in [6, 6.07) is 12.8. The summed E-state index contributed by atoms with van der Waals surface area (Å²) in [6.45, 7) is 6.69. The lowest BCUT2D eigenvalue weighted by atomic mass is 9.93. The van der Waals surface area contributed by atoms with Crippen LogP contribution in [0.25, 0.3) is 43.5 Å². The zero-order chi connectivity index (χ0) is 27.3. The van der Waals surface area contributed by atoms with Crippen LogP contribution in [0.1, 0.15) is 29.3 Å². The fourth-order valence-electron chi connectivity index (χ4n) is 6.14. The van der Waals surface area contributed by atoms with E-state index in [2.05, 4.69) is 87.2 Å². The molecule has 8 nitrogen and oxygen atoms in total. The van der Waals surface area contributed by atoms with Crippen molar-refractivity contribution in [3.05, 3.63) is 53.7 Å². The van der Waals surface area contributed by atoms with Crippen LogP contribution in [0.5, 0.6) is 5.75 Å². The Hall–Kier alpha value is -3.88. The summed E-state index contributed by atoms with van der Waals surface area (Å²) in [5.41, 5.74) is 4.94. The van der Waals surface area contributed by atoms with E-state index in [4.69, 9.17) is 4.74 Å². The normalized spacial score (nSPS) is 14.5. The van der Waals surface area contributed by atoms with Crippen molar-refractivity contribution < 1.29 is 9.53 Å². The highest BCUT2D eigenvalue weighted by Gasteiger charge is 2.34. The molecule has 3 heterocycles. The fraction of sp³-hybridized carbons (Fsp3) is 0.355. The number of benzene rings is 3. The number of amidine groups is 1. The number of nitrogens with one attached hydrogen (secondary N) is 2. The zero-order valence-electron chi connectivity index (χ0n) is 23.4. The van der Waals surface area contributed by atoms with Gasteiger partial charge in [-0.05, 0) is 52.2 Å². The Balaban J connectivity index is 1.67. The SMILES string of the molecule is CCn1ccc2ccc3c(c4c(c5c6ccc(OC)cc6n(CCCNCCN(C)C)c35)C(=O)NC4=NC)c21. The topological polar surface area (TPSA) is 75.8 Å². The van der Waals surface area contributed by atoms with Crippen LogP contribution < -0.4 is 15.4 Å². The van der Waals surface area contributed by atoms with Gasteiger partial charge in [-0.25, -0.2) is 0 Å². The van der Waals surface area contributed by atoms with Crippen molar-refractivity contribution in [1.82, 2.24) is 24.7 Å². The highest BCUT2D eigenvalue weighted by atomic mass is 16.5. The molecule has 8 heteroatoms. The molecule has 0 fully saturated rings. The quantitative estimate of drug-likeness (QED) is 0.277. The Bertz CT molecular complexity index is 1770. The molecule has 0 radical (unpaired) electrons. The molecule has 202 valence electrons. The Labute approximate surface area is 228 Å². The second kappa shape index (κ2) is 10.0. The van der Waals surface area contributed by atoms with E-state index in [1.807, 2.05) is 6.07 Å². The molecule has 0 saturated heterocycles. The van der Waals surface area contributed by atoms with Gasteiger partial charge in [-0.3, -0.25) is 9.79 Å². The van der Waals surface area contributed by atoms with Gasteiger partial charge in [-0.1, -0.05) is 12.1 Å². The van der Waals surface area contributed by atoms with Crippen LogP contribution >= 0.6 is 0 Å². The van der Waals surface area contributed by atoms with Crippen LogP contribution in [-0.2, 0) is 13.1 Å². The molecule has 1 amide bonds. The van der Waals surface area contributed by atoms with Gasteiger partial charge < -0.3 is 29.4 Å². The second-order valence-electron chi connectivity index (χ2n) is 10.5. The molecule has 0 saturated carbocycles. The largest absolute Gasteiger partial charge is 0.497 e. The number of ether oxygens (including phenoxy) is 1. The fourth-order valence-corrected chi connectivity index (χ4v) is 6.14. The van der Waals surface area contributed by atoms with Crippen LogP contribution in [0.3, 0.4) is 0 Å². The first-order valence-electron chi connectivity index (χ1n) is 13.7. The molecule has 1 aliphatic rings. The van der Waals surface area contributed by atoms with Crippen molar-refractivity contribution in [2.75, 3.05) is 47.9 Å². The lowest BCUT2D eigenvalue weighted by Crippen LogP contribution is -2.27. The first-order valence-corrected chi connectivity index (χ1v) is 13.7. The number of hydrogen-bond acceptors (Lipinski definition) is 5. The molecule has 0 aliphatic carbocycles. The van der Waals surface area contributed by atoms with E-state index in [1.54, 1.807) is 14.2 Å². The molecular weight excluding hydrogens is 488 g/mol. The van der Waals surface area contributed by atoms with E-state index >= 15 is 0 Å². The summed E-state index contributed by atoms with van der Waals surface area (Å²) in [4.78, 5) is 20.3. The summed E-state index contributed by atoms with van der Waals surface area (Å²) < 4.78 is 10.3. The Morgan fingerprint density at radius 2 is 1.82 bits per heavy atom. The van der Waals surface area contributed by atoms with Gasteiger partial charge in [0, 0.05) is 78.0 Å². The summed E-state index contributed by atoms with van der Waals surface area (Å²) in [6.07, 6.45) is 3.09. The Kier molecular flexibility index (Phi) is 6.53. The first-order chi connectivity index (χ1) is 19.0. The van der Waals surface area contributed by atoms with Crippen LogP contribution in [0.4, 0.5) is 0 Å². The van der Waals surface area contributed by atoms with Crippen LogP contribution in [0.15, 0.2) is 47.6 Å². The maximum Gasteiger partial charge on any atom is 0.258 e. The van der Waals surface area contributed by atoms with Gasteiger partial charge in [0.15, 0.2) is 0 Å². The van der Waals surface area contributed by atoms with Gasteiger partial charge in [0.1, 0.15) is 11.6 Å². The number of carbonyl (C=O) groups excluding carboxylic acids is 1. The number of aryl methyl sites for hydroxylation is 2. The number of fused-ring (bicyclic) bond motifs is 10. The van der Waals surface area contributed by atoms with Crippen LogP contribution in [0, 0.1) is 0 Å². The van der Waals surface area contributed by atoms with Gasteiger partial charge in [0.25, 0.3) is 5.91 Å². The number of nitrogens with zero attached hydrogens (tertiary/aromatic N) is 4. The lowest BCUT2D eigenvalue weighted by Gasteiger charge is -2.15. The minimum atomic E-state index is -0.0932. The third-order valence-corrected chi connectivity index (χ3v) is 7.94. The van der Waals surface area contributed by atoms with Gasteiger partial charge >= 0.3 is 0 Å². The van der Waals surface area contributed by atoms with Gasteiger partial charge in [0.05, 0.1) is 29.2 Å². The molecular formula is C31H36N6O2. The number of hydrogen-bond donors (Lipinski definition) is 2. The average molecular weight is 525 g/mol. The highest BCUT2D eigenvalue weighted by Crippen LogP contribution is 2.44. The maximum atomic E-state index is 13.6. The monoisotopic (exact) mass is 524 g/mol. The molecule has 6 rings (SSSR count). The van der Waals surface area contributed by atoms with Crippen molar-refractivity contribution in [3.63, 3.8) is 0 Å². The Morgan fingerprint density at radius 3 is 2.56 bits per heavy atom. The summed E-state index contributed by atoms with van der Waals surface area (Å²) >= 11 is 0. The van der Waals surface area contributed by atoms with Crippen molar-refractivity contribution in [2.24, 2.45) is 4.99 Å². The van der Waals surface area contributed by atoms with E-state index in [9.17, 15) is 4.79 Å². The molecule has 2 N–H and O–H groups in total. The van der Waals surface area contributed by atoms with Crippen molar-refractivity contribution >= 4 is 55.2 Å². The number of amides is 1. The molecule has 5 aromatic rings. The molecule has 2 aromatic heterocycles. The molecule has 3 aromatic carbocycles. The smallest absolute Gasteiger partial charge is 0.258 e. The lowest BCUT2D eigenvalue weighted by molar-refractivity contribution is 0.0985. The van der Waals surface area contributed by atoms with Gasteiger partial charge in [-0.2, -0.15) is 0 Å². The Morgan fingerprint density at radius 1 is 1.03 bits per heavy atom. The van der Waals surface area contributed by atoms with Crippen molar-refractivity contribution in [3.8, 4) is 5.75 Å². The average Bonchev–Trinajstić information content (AvgIpc) is 3.61. The summed E-state index contributed by atoms with van der Waals surface area (Å²) in [5, 5.41) is 12.1. The third-order valence-electron chi connectivity index (χ3n) is 7.94. The van der Waals surface area contributed by atoms with Crippen LogP contribution in [-0.4, -0.2) is 73.7 Å². The van der Waals surface area contributed by atoms with E-state index in [-0.39, 0.29) is 5.91 Å². The number of aliphatic imine (C=N–C) groups is 1. The van der Waals surface area contributed by atoms with E-state index in [1.165, 1.54) is 0 Å². The predicted molar refractivity (Wildman–Crippen MR) is 161 cm³/mol. The highest BCUT2D eigenvalue weighted by molar-refractivity contribution is 6.40. The molecule has 0 spiro atoms. The number of rotatable bonds is 9.